The molecule has 1 N–H and O–H groups in total. The van der Waals surface area contributed by atoms with E-state index in [2.05, 4.69) is 4.42 Å². The largest absolute Gasteiger partial charge is 0.478 e. The second-order valence-corrected chi connectivity index (χ2v) is 2.22. The van der Waals surface area contributed by atoms with Crippen molar-refractivity contribution in [3.63, 3.8) is 0 Å². The number of halogens is 2. The number of carboxylic acid groups (broad SMARTS) is 1. The highest BCUT2D eigenvalue weighted by Gasteiger charge is 2.18. The van der Waals surface area contributed by atoms with Crippen LogP contribution < -0.4 is 0 Å². The Kier molecular flexibility index (Phi) is 2.12. The molecule has 0 saturated heterocycles. The van der Waals surface area contributed by atoms with Crippen LogP contribution in [0.25, 0.3) is 0 Å². The lowest BCUT2D eigenvalue weighted by atomic mass is 10.2. The van der Waals surface area contributed by atoms with Crippen molar-refractivity contribution >= 4 is 5.97 Å². The van der Waals surface area contributed by atoms with Crippen LogP contribution in [0.4, 0.5) is 8.78 Å². The maximum absolute atomic E-state index is 11.9. The van der Waals surface area contributed by atoms with Gasteiger partial charge in [-0.2, -0.15) is 0 Å². The van der Waals surface area contributed by atoms with Gasteiger partial charge in [-0.1, -0.05) is 0 Å². The Morgan fingerprint density at radius 2 is 2.25 bits per heavy atom. The second-order valence-electron chi connectivity index (χ2n) is 2.22. The standard InChI is InChI=1S/C7H6F2O3/c1-3-4(7(10)11)2-5(12-3)6(8)9/h2,6H,1H3,(H,10,11). The van der Waals surface area contributed by atoms with Crippen LogP contribution in [-0.4, -0.2) is 11.1 Å². The number of alkyl halides is 2. The van der Waals surface area contributed by atoms with Crippen molar-refractivity contribution in [2.75, 3.05) is 0 Å². The van der Waals surface area contributed by atoms with Crippen LogP contribution in [-0.2, 0) is 0 Å². The highest BCUT2D eigenvalue weighted by atomic mass is 19.3. The Bertz CT molecular complexity index is 304. The SMILES string of the molecule is Cc1oc(C(F)F)cc1C(=O)O. The van der Waals surface area contributed by atoms with Crippen LogP contribution in [0.3, 0.4) is 0 Å². The summed E-state index contributed by atoms with van der Waals surface area (Å²) in [7, 11) is 0. The third-order valence-corrected chi connectivity index (χ3v) is 1.38. The molecule has 1 heterocycles. The molecule has 0 unspecified atom stereocenters. The monoisotopic (exact) mass is 176 g/mol. The van der Waals surface area contributed by atoms with E-state index in [-0.39, 0.29) is 11.3 Å². The highest BCUT2D eigenvalue weighted by molar-refractivity contribution is 5.88. The van der Waals surface area contributed by atoms with Gasteiger partial charge in [-0.25, -0.2) is 13.6 Å². The lowest BCUT2D eigenvalue weighted by Crippen LogP contribution is -1.94. The lowest BCUT2D eigenvalue weighted by Gasteiger charge is -1.88. The van der Waals surface area contributed by atoms with E-state index in [1.54, 1.807) is 0 Å². The van der Waals surface area contributed by atoms with Gasteiger partial charge in [0.1, 0.15) is 11.3 Å². The molecule has 1 rings (SSSR count). The van der Waals surface area contributed by atoms with E-state index in [9.17, 15) is 13.6 Å². The summed E-state index contributed by atoms with van der Waals surface area (Å²) in [5, 5.41) is 8.46. The molecule has 1 aromatic heterocycles. The summed E-state index contributed by atoms with van der Waals surface area (Å²) in [5.41, 5.74) is -0.217. The van der Waals surface area contributed by atoms with Gasteiger partial charge >= 0.3 is 5.97 Å². The van der Waals surface area contributed by atoms with Gasteiger partial charge in [0.05, 0.1) is 0 Å². The zero-order valence-corrected chi connectivity index (χ0v) is 6.17. The summed E-state index contributed by atoms with van der Waals surface area (Å²) < 4.78 is 28.4. The molecule has 0 aliphatic rings. The van der Waals surface area contributed by atoms with Gasteiger partial charge in [-0.3, -0.25) is 0 Å². The van der Waals surface area contributed by atoms with Crippen molar-refractivity contribution in [1.82, 2.24) is 0 Å². The van der Waals surface area contributed by atoms with Crippen molar-refractivity contribution in [3.8, 4) is 0 Å². The van der Waals surface area contributed by atoms with Gasteiger partial charge < -0.3 is 9.52 Å². The van der Waals surface area contributed by atoms with E-state index in [0.29, 0.717) is 0 Å². The summed E-state index contributed by atoms with van der Waals surface area (Å²) in [6.07, 6.45) is -2.77. The summed E-state index contributed by atoms with van der Waals surface area (Å²) in [4.78, 5) is 10.4. The molecule has 5 heteroatoms. The first-order chi connectivity index (χ1) is 5.52. The normalized spacial score (nSPS) is 10.7. The first-order valence-electron chi connectivity index (χ1n) is 3.14. The molecule has 1 aromatic rings. The molecule has 0 amide bonds. The topological polar surface area (TPSA) is 50.4 Å². The van der Waals surface area contributed by atoms with Crippen LogP contribution in [0.5, 0.6) is 0 Å². The Morgan fingerprint density at radius 1 is 1.67 bits per heavy atom. The molecule has 0 saturated carbocycles. The van der Waals surface area contributed by atoms with Crippen molar-refractivity contribution in [1.29, 1.82) is 0 Å². The predicted octanol–water partition coefficient (Wildman–Crippen LogP) is 2.22. The zero-order chi connectivity index (χ0) is 9.30. The molecule has 0 aromatic carbocycles. The third-order valence-electron chi connectivity index (χ3n) is 1.38. The van der Waals surface area contributed by atoms with Crippen molar-refractivity contribution in [3.05, 3.63) is 23.2 Å². The summed E-state index contributed by atoms with van der Waals surface area (Å²) in [5.74, 6) is -1.87. The molecule has 3 nitrogen and oxygen atoms in total. The first kappa shape index (κ1) is 8.70. The van der Waals surface area contributed by atoms with E-state index in [1.165, 1.54) is 6.92 Å². The number of carbonyl (C=O) groups is 1. The number of hydrogen-bond donors (Lipinski definition) is 1. The molecule has 0 fully saturated rings. The fraction of sp³-hybridized carbons (Fsp3) is 0.286. The average Bonchev–Trinajstić information content (AvgIpc) is 2.30. The Morgan fingerprint density at radius 3 is 2.50 bits per heavy atom. The molecule has 0 atom stereocenters. The molecular weight excluding hydrogens is 170 g/mol. The zero-order valence-electron chi connectivity index (χ0n) is 6.17. The maximum atomic E-state index is 11.9. The van der Waals surface area contributed by atoms with Crippen LogP contribution in [0.15, 0.2) is 10.5 Å². The number of aromatic carboxylic acids is 1. The van der Waals surface area contributed by atoms with Crippen molar-refractivity contribution in [2.45, 2.75) is 13.3 Å². The first-order valence-corrected chi connectivity index (χ1v) is 3.14. The van der Waals surface area contributed by atoms with Gasteiger partial charge in [0.2, 0.25) is 0 Å². The van der Waals surface area contributed by atoms with E-state index in [4.69, 9.17) is 5.11 Å². The second kappa shape index (κ2) is 2.92. The average molecular weight is 176 g/mol. The third kappa shape index (κ3) is 1.44. The number of furan rings is 1. The molecular formula is C7H6F2O3. The van der Waals surface area contributed by atoms with E-state index < -0.39 is 18.2 Å². The summed E-state index contributed by atoms with van der Waals surface area (Å²) >= 11 is 0. The van der Waals surface area contributed by atoms with Gasteiger partial charge in [0.25, 0.3) is 6.43 Å². The molecule has 0 radical (unpaired) electrons. The van der Waals surface area contributed by atoms with Gasteiger partial charge in [0.15, 0.2) is 5.76 Å². The minimum atomic E-state index is -2.77. The number of hydrogen-bond acceptors (Lipinski definition) is 2. The molecule has 66 valence electrons. The fourth-order valence-electron chi connectivity index (χ4n) is 0.825. The van der Waals surface area contributed by atoms with Crippen molar-refractivity contribution < 1.29 is 23.1 Å². The van der Waals surface area contributed by atoms with Crippen LogP contribution in [0, 0.1) is 6.92 Å². The molecule has 0 aliphatic heterocycles. The van der Waals surface area contributed by atoms with Crippen LogP contribution in [0.2, 0.25) is 0 Å². The number of rotatable bonds is 2. The lowest BCUT2D eigenvalue weighted by molar-refractivity contribution is 0.0695. The van der Waals surface area contributed by atoms with Crippen LogP contribution in [0.1, 0.15) is 28.3 Å². The quantitative estimate of drug-likeness (QED) is 0.751. The van der Waals surface area contributed by atoms with E-state index in [0.717, 1.165) is 6.07 Å². The highest BCUT2D eigenvalue weighted by Crippen LogP contribution is 2.24. The van der Waals surface area contributed by atoms with E-state index in [1.807, 2.05) is 0 Å². The Hall–Kier alpha value is -1.39. The smallest absolute Gasteiger partial charge is 0.339 e. The maximum Gasteiger partial charge on any atom is 0.339 e. The number of aryl methyl sites for hydroxylation is 1. The minimum Gasteiger partial charge on any atom is -0.478 e. The Balaban J connectivity index is 3.09. The number of carboxylic acids is 1. The fourth-order valence-corrected chi connectivity index (χ4v) is 0.825. The van der Waals surface area contributed by atoms with Crippen LogP contribution >= 0.6 is 0 Å². The van der Waals surface area contributed by atoms with Crippen molar-refractivity contribution in [2.24, 2.45) is 0 Å². The minimum absolute atomic E-state index is 0.00204. The van der Waals surface area contributed by atoms with Gasteiger partial charge in [-0.15, -0.1) is 0 Å². The predicted molar refractivity (Wildman–Crippen MR) is 35.4 cm³/mol. The van der Waals surface area contributed by atoms with E-state index >= 15 is 0 Å². The van der Waals surface area contributed by atoms with Gasteiger partial charge in [-0.05, 0) is 6.92 Å². The summed E-state index contributed by atoms with van der Waals surface area (Å²) in [6.45, 7) is 1.33. The summed E-state index contributed by atoms with van der Waals surface area (Å²) in [6, 6.07) is 0.836. The van der Waals surface area contributed by atoms with Gasteiger partial charge in [0, 0.05) is 6.07 Å². The Labute approximate surface area is 66.6 Å². The molecule has 0 aliphatic carbocycles. The molecule has 0 bridgehead atoms. The molecule has 0 spiro atoms. The molecule has 12 heavy (non-hydrogen) atoms.